The molecule has 0 atom stereocenters. The standard InChI is InChI=1S/C18H20ClFO/c1-12-7-14(18(2,3)4)5-6-17(12)21-16-9-13(11-19)8-15(20)10-16/h5-10H,11H2,1-4H3. The molecule has 3 heteroatoms. The van der Waals surface area contributed by atoms with Crippen molar-refractivity contribution in [2.75, 3.05) is 0 Å². The Bertz CT molecular complexity index is 644. The molecule has 0 bridgehead atoms. The first-order valence-electron chi connectivity index (χ1n) is 6.94. The Labute approximate surface area is 130 Å². The zero-order valence-corrected chi connectivity index (χ0v) is 13.6. The van der Waals surface area contributed by atoms with Crippen molar-refractivity contribution in [3.05, 3.63) is 58.9 Å². The highest BCUT2D eigenvalue weighted by Gasteiger charge is 2.15. The van der Waals surface area contributed by atoms with Crippen molar-refractivity contribution in [1.82, 2.24) is 0 Å². The third kappa shape index (κ3) is 3.98. The molecule has 0 aliphatic heterocycles. The summed E-state index contributed by atoms with van der Waals surface area (Å²) in [7, 11) is 0. The van der Waals surface area contributed by atoms with Gasteiger partial charge >= 0.3 is 0 Å². The van der Waals surface area contributed by atoms with Gasteiger partial charge in [0.05, 0.1) is 0 Å². The van der Waals surface area contributed by atoms with Crippen LogP contribution in [-0.4, -0.2) is 0 Å². The normalized spacial score (nSPS) is 11.5. The first-order chi connectivity index (χ1) is 9.79. The van der Waals surface area contributed by atoms with Crippen LogP contribution >= 0.6 is 11.6 Å². The van der Waals surface area contributed by atoms with Crippen molar-refractivity contribution in [1.29, 1.82) is 0 Å². The van der Waals surface area contributed by atoms with Crippen molar-refractivity contribution in [3.63, 3.8) is 0 Å². The number of benzene rings is 2. The lowest BCUT2D eigenvalue weighted by atomic mass is 9.86. The summed E-state index contributed by atoms with van der Waals surface area (Å²) >= 11 is 5.75. The van der Waals surface area contributed by atoms with Gasteiger partial charge in [0.1, 0.15) is 17.3 Å². The predicted molar refractivity (Wildman–Crippen MR) is 85.9 cm³/mol. The Balaban J connectivity index is 2.30. The Morgan fingerprint density at radius 1 is 1.10 bits per heavy atom. The summed E-state index contributed by atoms with van der Waals surface area (Å²) in [5, 5.41) is 0. The van der Waals surface area contributed by atoms with Gasteiger partial charge in [0, 0.05) is 11.9 Å². The Hall–Kier alpha value is -1.54. The smallest absolute Gasteiger partial charge is 0.130 e. The van der Waals surface area contributed by atoms with Gasteiger partial charge in [-0.2, -0.15) is 0 Å². The molecule has 0 heterocycles. The summed E-state index contributed by atoms with van der Waals surface area (Å²) < 4.78 is 19.3. The molecule has 0 aliphatic rings. The van der Waals surface area contributed by atoms with Crippen LogP contribution in [0.25, 0.3) is 0 Å². The zero-order chi connectivity index (χ0) is 15.6. The molecule has 0 fully saturated rings. The van der Waals surface area contributed by atoms with Crippen LogP contribution in [0.5, 0.6) is 11.5 Å². The summed E-state index contributed by atoms with van der Waals surface area (Å²) in [6.45, 7) is 8.50. The molecule has 1 nitrogen and oxygen atoms in total. The Kier molecular flexibility index (Phi) is 4.58. The molecule has 0 N–H and O–H groups in total. The molecule has 0 saturated carbocycles. The van der Waals surface area contributed by atoms with Gasteiger partial charge in [-0.15, -0.1) is 11.6 Å². The van der Waals surface area contributed by atoms with Crippen LogP contribution in [-0.2, 0) is 11.3 Å². The molecule has 0 saturated heterocycles. The number of ether oxygens (including phenoxy) is 1. The van der Waals surface area contributed by atoms with Crippen LogP contribution in [0.1, 0.15) is 37.5 Å². The molecule has 0 amide bonds. The fraction of sp³-hybridized carbons (Fsp3) is 0.333. The van der Waals surface area contributed by atoms with E-state index < -0.39 is 0 Å². The average Bonchev–Trinajstić information content (AvgIpc) is 2.39. The van der Waals surface area contributed by atoms with Crippen LogP contribution < -0.4 is 4.74 Å². The van der Waals surface area contributed by atoms with E-state index in [4.69, 9.17) is 16.3 Å². The minimum atomic E-state index is -0.341. The summed E-state index contributed by atoms with van der Waals surface area (Å²) in [5.41, 5.74) is 3.07. The van der Waals surface area contributed by atoms with Crippen molar-refractivity contribution >= 4 is 11.6 Å². The monoisotopic (exact) mass is 306 g/mol. The SMILES string of the molecule is Cc1cc(C(C)(C)C)ccc1Oc1cc(F)cc(CCl)c1. The van der Waals surface area contributed by atoms with Crippen molar-refractivity contribution in [2.24, 2.45) is 0 Å². The Morgan fingerprint density at radius 2 is 1.81 bits per heavy atom. The van der Waals surface area contributed by atoms with E-state index in [9.17, 15) is 4.39 Å². The van der Waals surface area contributed by atoms with E-state index >= 15 is 0 Å². The van der Waals surface area contributed by atoms with E-state index in [0.717, 1.165) is 11.3 Å². The molecule has 0 aliphatic carbocycles. The van der Waals surface area contributed by atoms with E-state index in [1.165, 1.54) is 17.7 Å². The summed E-state index contributed by atoms with van der Waals surface area (Å²) in [6, 6.07) is 10.6. The molecule has 0 aromatic heterocycles. The van der Waals surface area contributed by atoms with Gasteiger partial charge in [-0.1, -0.05) is 32.9 Å². The van der Waals surface area contributed by atoms with E-state index in [0.29, 0.717) is 11.3 Å². The molecule has 21 heavy (non-hydrogen) atoms. The minimum Gasteiger partial charge on any atom is -0.457 e. The lowest BCUT2D eigenvalue weighted by Crippen LogP contribution is -2.11. The number of hydrogen-bond acceptors (Lipinski definition) is 1. The zero-order valence-electron chi connectivity index (χ0n) is 12.8. The molecule has 2 rings (SSSR count). The molecule has 112 valence electrons. The van der Waals surface area contributed by atoms with Crippen molar-refractivity contribution in [3.8, 4) is 11.5 Å². The van der Waals surface area contributed by atoms with E-state index in [1.54, 1.807) is 6.07 Å². The first kappa shape index (κ1) is 15.8. The summed E-state index contributed by atoms with van der Waals surface area (Å²) in [6.07, 6.45) is 0. The summed E-state index contributed by atoms with van der Waals surface area (Å²) in [4.78, 5) is 0. The van der Waals surface area contributed by atoms with Crippen LogP contribution in [0.15, 0.2) is 36.4 Å². The molecular weight excluding hydrogens is 287 g/mol. The highest BCUT2D eigenvalue weighted by Crippen LogP contribution is 2.31. The molecule has 2 aromatic carbocycles. The fourth-order valence-corrected chi connectivity index (χ4v) is 2.27. The lowest BCUT2D eigenvalue weighted by Gasteiger charge is -2.20. The maximum Gasteiger partial charge on any atom is 0.130 e. The van der Waals surface area contributed by atoms with Crippen molar-refractivity contribution in [2.45, 2.75) is 39.0 Å². The predicted octanol–water partition coefficient (Wildman–Crippen LogP) is 5.96. The maximum absolute atomic E-state index is 13.5. The second kappa shape index (κ2) is 6.07. The molecule has 0 unspecified atom stereocenters. The minimum absolute atomic E-state index is 0.0912. The fourth-order valence-electron chi connectivity index (χ4n) is 2.11. The van der Waals surface area contributed by atoms with Gasteiger partial charge in [-0.25, -0.2) is 4.39 Å². The average molecular weight is 307 g/mol. The van der Waals surface area contributed by atoms with Gasteiger partial charge in [0.15, 0.2) is 0 Å². The van der Waals surface area contributed by atoms with Crippen molar-refractivity contribution < 1.29 is 9.13 Å². The number of rotatable bonds is 3. The van der Waals surface area contributed by atoms with Crippen LogP contribution in [0, 0.1) is 12.7 Å². The van der Waals surface area contributed by atoms with Crippen LogP contribution in [0.4, 0.5) is 4.39 Å². The number of alkyl halides is 1. The van der Waals surface area contributed by atoms with Gasteiger partial charge in [-0.05, 0) is 47.2 Å². The second-order valence-corrected chi connectivity index (χ2v) is 6.53. The Morgan fingerprint density at radius 3 is 2.38 bits per heavy atom. The first-order valence-corrected chi connectivity index (χ1v) is 7.47. The molecular formula is C18H20ClFO. The third-order valence-electron chi connectivity index (χ3n) is 3.35. The maximum atomic E-state index is 13.5. The number of halogens is 2. The van der Waals surface area contributed by atoms with E-state index in [1.807, 2.05) is 19.1 Å². The number of hydrogen-bond donors (Lipinski definition) is 0. The van der Waals surface area contributed by atoms with Crippen LogP contribution in [0.3, 0.4) is 0 Å². The largest absolute Gasteiger partial charge is 0.457 e. The highest BCUT2D eigenvalue weighted by molar-refractivity contribution is 6.17. The van der Waals surface area contributed by atoms with Gasteiger partial charge in [0.2, 0.25) is 0 Å². The number of aryl methyl sites for hydroxylation is 1. The lowest BCUT2D eigenvalue weighted by molar-refractivity contribution is 0.471. The third-order valence-corrected chi connectivity index (χ3v) is 3.66. The summed E-state index contributed by atoms with van der Waals surface area (Å²) in [5.74, 6) is 1.12. The van der Waals surface area contributed by atoms with E-state index in [-0.39, 0.29) is 17.1 Å². The van der Waals surface area contributed by atoms with Gasteiger partial charge < -0.3 is 4.74 Å². The highest BCUT2D eigenvalue weighted by atomic mass is 35.5. The van der Waals surface area contributed by atoms with E-state index in [2.05, 4.69) is 26.8 Å². The van der Waals surface area contributed by atoms with Gasteiger partial charge in [-0.3, -0.25) is 0 Å². The molecule has 0 radical (unpaired) electrons. The van der Waals surface area contributed by atoms with Crippen LogP contribution in [0.2, 0.25) is 0 Å². The molecule has 0 spiro atoms. The second-order valence-electron chi connectivity index (χ2n) is 6.26. The topological polar surface area (TPSA) is 9.23 Å². The van der Waals surface area contributed by atoms with Gasteiger partial charge in [0.25, 0.3) is 0 Å². The molecule has 2 aromatic rings. The quantitative estimate of drug-likeness (QED) is 0.635.